The van der Waals surface area contributed by atoms with Gasteiger partial charge in [-0.1, -0.05) is 19.3 Å². The number of hydrogen-bond donors (Lipinski definition) is 0. The molecule has 1 rings (SSSR count). The summed E-state index contributed by atoms with van der Waals surface area (Å²) in [6.07, 6.45) is 8.25. The van der Waals surface area contributed by atoms with Crippen molar-refractivity contribution in [3.63, 3.8) is 0 Å². The molecule has 2 nitrogen and oxygen atoms in total. The first-order chi connectivity index (χ1) is 5.86. The van der Waals surface area contributed by atoms with Crippen molar-refractivity contribution in [2.24, 2.45) is 11.8 Å². The van der Waals surface area contributed by atoms with Crippen LogP contribution in [0.2, 0.25) is 0 Å². The van der Waals surface area contributed by atoms with Crippen molar-refractivity contribution < 1.29 is 9.59 Å². The van der Waals surface area contributed by atoms with Crippen LogP contribution in [0.4, 0.5) is 0 Å². The lowest BCUT2D eigenvalue weighted by Gasteiger charge is -2.18. The van der Waals surface area contributed by atoms with Crippen LogP contribution in [0.3, 0.4) is 0 Å². The molecule has 68 valence electrons. The van der Waals surface area contributed by atoms with Crippen molar-refractivity contribution in [3.05, 3.63) is 0 Å². The Morgan fingerprint density at radius 2 is 1.33 bits per heavy atom. The fourth-order valence-electron chi connectivity index (χ4n) is 1.86. The lowest BCUT2D eigenvalue weighted by Crippen LogP contribution is -2.14. The van der Waals surface area contributed by atoms with Gasteiger partial charge in [0.25, 0.3) is 0 Å². The number of rotatable bonds is 2. The molecule has 1 fully saturated rings. The van der Waals surface area contributed by atoms with Crippen LogP contribution in [-0.4, -0.2) is 12.6 Å². The van der Waals surface area contributed by atoms with E-state index in [-0.39, 0.29) is 11.8 Å². The predicted molar refractivity (Wildman–Crippen MR) is 46.8 cm³/mol. The van der Waals surface area contributed by atoms with Crippen LogP contribution < -0.4 is 0 Å². The summed E-state index contributed by atoms with van der Waals surface area (Å²) in [5.41, 5.74) is 0. The van der Waals surface area contributed by atoms with Crippen LogP contribution in [-0.2, 0) is 9.59 Å². The van der Waals surface area contributed by atoms with Gasteiger partial charge < -0.3 is 9.59 Å². The summed E-state index contributed by atoms with van der Waals surface area (Å²) >= 11 is 0. The normalized spacial score (nSPS) is 31.7. The Balaban J connectivity index is 2.43. The Labute approximate surface area is 73.3 Å². The summed E-state index contributed by atoms with van der Waals surface area (Å²) in [7, 11) is 0. The van der Waals surface area contributed by atoms with Crippen molar-refractivity contribution in [2.75, 3.05) is 0 Å². The van der Waals surface area contributed by atoms with E-state index in [1.807, 2.05) is 0 Å². The van der Waals surface area contributed by atoms with E-state index in [1.54, 1.807) is 0 Å². The van der Waals surface area contributed by atoms with E-state index in [0.29, 0.717) is 0 Å². The second-order valence-corrected chi connectivity index (χ2v) is 3.67. The van der Waals surface area contributed by atoms with Crippen LogP contribution in [0.15, 0.2) is 0 Å². The fourth-order valence-corrected chi connectivity index (χ4v) is 1.86. The highest BCUT2D eigenvalue weighted by Gasteiger charge is 2.17. The molecule has 0 radical (unpaired) electrons. The topological polar surface area (TPSA) is 34.1 Å². The van der Waals surface area contributed by atoms with E-state index >= 15 is 0 Å². The molecular formula is C10H16O2. The summed E-state index contributed by atoms with van der Waals surface area (Å²) < 4.78 is 0. The van der Waals surface area contributed by atoms with Crippen molar-refractivity contribution in [1.82, 2.24) is 0 Å². The van der Waals surface area contributed by atoms with Crippen LogP contribution >= 0.6 is 0 Å². The molecule has 0 unspecified atom stereocenters. The summed E-state index contributed by atoms with van der Waals surface area (Å²) in [5, 5.41) is 0. The molecule has 1 aliphatic carbocycles. The van der Waals surface area contributed by atoms with Gasteiger partial charge in [-0.3, -0.25) is 0 Å². The minimum absolute atomic E-state index is 0.139. The second-order valence-electron chi connectivity index (χ2n) is 3.67. The predicted octanol–water partition coefficient (Wildman–Crippen LogP) is 1.97. The zero-order valence-corrected chi connectivity index (χ0v) is 7.37. The molecule has 1 aliphatic rings. The van der Waals surface area contributed by atoms with Crippen LogP contribution in [0.5, 0.6) is 0 Å². The van der Waals surface area contributed by atoms with Crippen molar-refractivity contribution in [3.8, 4) is 0 Å². The van der Waals surface area contributed by atoms with E-state index in [2.05, 4.69) is 0 Å². The van der Waals surface area contributed by atoms with Gasteiger partial charge >= 0.3 is 0 Å². The minimum atomic E-state index is 0.139. The third kappa shape index (κ3) is 2.76. The molecule has 0 aromatic rings. The van der Waals surface area contributed by atoms with Gasteiger partial charge in [-0.25, -0.2) is 0 Å². The average Bonchev–Trinajstić information content (AvgIpc) is 2.05. The van der Waals surface area contributed by atoms with Crippen LogP contribution in [0.1, 0.15) is 38.5 Å². The van der Waals surface area contributed by atoms with Gasteiger partial charge in [0.1, 0.15) is 12.6 Å². The lowest BCUT2D eigenvalue weighted by molar-refractivity contribution is -0.114. The molecule has 2 atom stereocenters. The molecule has 0 N–H and O–H groups in total. The molecule has 0 aromatic carbocycles. The van der Waals surface area contributed by atoms with Gasteiger partial charge in [-0.15, -0.1) is 0 Å². The highest BCUT2D eigenvalue weighted by Crippen LogP contribution is 2.24. The Bertz CT molecular complexity index is 138. The monoisotopic (exact) mass is 168 g/mol. The third-order valence-corrected chi connectivity index (χ3v) is 2.64. The van der Waals surface area contributed by atoms with Crippen molar-refractivity contribution in [2.45, 2.75) is 38.5 Å². The van der Waals surface area contributed by atoms with E-state index < -0.39 is 0 Å². The largest absolute Gasteiger partial charge is 0.303 e. The lowest BCUT2D eigenvalue weighted by atomic mass is 9.86. The first-order valence-electron chi connectivity index (χ1n) is 4.77. The average molecular weight is 168 g/mol. The zero-order chi connectivity index (χ0) is 8.81. The Kier molecular flexibility index (Phi) is 3.98. The molecule has 1 saturated carbocycles. The second kappa shape index (κ2) is 5.07. The highest BCUT2D eigenvalue weighted by atomic mass is 16.1. The fraction of sp³-hybridized carbons (Fsp3) is 0.800. The molecule has 0 bridgehead atoms. The molecule has 2 heteroatoms. The quantitative estimate of drug-likeness (QED) is 0.591. The standard InChI is InChI=1S/C10H16O2/c11-7-9-4-2-1-3-5-10(6-9)8-12/h7-10H,1-6H2/t9-,10+. The molecular weight excluding hydrogens is 152 g/mol. The van der Waals surface area contributed by atoms with Gasteiger partial charge in [-0.2, -0.15) is 0 Å². The Hall–Kier alpha value is -0.660. The van der Waals surface area contributed by atoms with Gasteiger partial charge in [0.2, 0.25) is 0 Å². The summed E-state index contributed by atoms with van der Waals surface area (Å²) in [6, 6.07) is 0. The Morgan fingerprint density at radius 1 is 0.833 bits per heavy atom. The SMILES string of the molecule is O=C[C@@H]1CCCCC[C@H](C=O)C1. The number of carbonyl (C=O) groups excluding carboxylic acids is 2. The molecule has 0 aromatic heterocycles. The van der Waals surface area contributed by atoms with Crippen LogP contribution in [0, 0.1) is 11.8 Å². The first kappa shape index (κ1) is 9.43. The van der Waals surface area contributed by atoms with Gasteiger partial charge in [0.05, 0.1) is 0 Å². The van der Waals surface area contributed by atoms with Crippen LogP contribution in [0.25, 0.3) is 0 Å². The molecule has 0 spiro atoms. The van der Waals surface area contributed by atoms with Gasteiger partial charge in [-0.05, 0) is 19.3 Å². The summed E-state index contributed by atoms with van der Waals surface area (Å²) in [4.78, 5) is 21.1. The summed E-state index contributed by atoms with van der Waals surface area (Å²) in [5.74, 6) is 0.279. The zero-order valence-electron chi connectivity index (χ0n) is 7.37. The molecule has 0 amide bonds. The summed E-state index contributed by atoms with van der Waals surface area (Å²) in [6.45, 7) is 0. The third-order valence-electron chi connectivity index (χ3n) is 2.64. The smallest absolute Gasteiger partial charge is 0.123 e. The molecule has 0 heterocycles. The number of aldehydes is 2. The van der Waals surface area contributed by atoms with E-state index in [4.69, 9.17) is 0 Å². The maximum absolute atomic E-state index is 10.6. The van der Waals surface area contributed by atoms with E-state index in [0.717, 1.165) is 44.7 Å². The maximum Gasteiger partial charge on any atom is 0.123 e. The number of hydrogen-bond acceptors (Lipinski definition) is 2. The van der Waals surface area contributed by atoms with Crippen molar-refractivity contribution >= 4 is 12.6 Å². The number of carbonyl (C=O) groups is 2. The molecule has 0 aliphatic heterocycles. The first-order valence-corrected chi connectivity index (χ1v) is 4.77. The van der Waals surface area contributed by atoms with Gasteiger partial charge in [0, 0.05) is 11.8 Å². The maximum atomic E-state index is 10.6. The van der Waals surface area contributed by atoms with E-state index in [1.165, 1.54) is 6.42 Å². The molecule has 0 saturated heterocycles. The Morgan fingerprint density at radius 3 is 1.75 bits per heavy atom. The van der Waals surface area contributed by atoms with E-state index in [9.17, 15) is 9.59 Å². The van der Waals surface area contributed by atoms with Crippen molar-refractivity contribution in [1.29, 1.82) is 0 Å². The minimum Gasteiger partial charge on any atom is -0.303 e. The van der Waals surface area contributed by atoms with Gasteiger partial charge in [0.15, 0.2) is 0 Å². The molecule has 12 heavy (non-hydrogen) atoms. The highest BCUT2D eigenvalue weighted by molar-refractivity contribution is 5.57.